The predicted molar refractivity (Wildman–Crippen MR) is 89.3 cm³/mol. The number of hydrogen-bond donors (Lipinski definition) is 0. The van der Waals surface area contributed by atoms with Crippen LogP contribution >= 0.6 is 0 Å². The Balaban J connectivity index is 4.64. The van der Waals surface area contributed by atoms with Crippen LogP contribution in [0.2, 0.25) is 13.3 Å². The van der Waals surface area contributed by atoms with Gasteiger partial charge in [-0.2, -0.15) is 0 Å². The van der Waals surface area contributed by atoms with Crippen molar-refractivity contribution in [1.82, 2.24) is 0 Å². The minimum atomic E-state index is -2.03. The molecule has 1 nitrogen and oxygen atoms in total. The van der Waals surface area contributed by atoms with E-state index in [-0.39, 0.29) is 0 Å². The standard InChI is InChI=1S/C5H7O.3C4H9.Sn/c1-2-3-4-5-6;3*1-3-4-2;/h1-2,5H,3-4H2;3*1,3-4H2,2H3;. The van der Waals surface area contributed by atoms with E-state index < -0.39 is 18.4 Å². The molecule has 19 heavy (non-hydrogen) atoms. The second-order valence-electron chi connectivity index (χ2n) is 5.82. The fourth-order valence-corrected chi connectivity index (χ4v) is 17.2. The summed E-state index contributed by atoms with van der Waals surface area (Å²) >= 11 is -2.03. The average Bonchev–Trinajstić information content (AvgIpc) is 2.44. The minimum absolute atomic E-state index is 0.702. The van der Waals surface area contributed by atoms with Crippen LogP contribution in [0.5, 0.6) is 0 Å². The summed E-state index contributed by atoms with van der Waals surface area (Å²) in [5.74, 6) is 0. The van der Waals surface area contributed by atoms with E-state index in [9.17, 15) is 4.79 Å². The topological polar surface area (TPSA) is 17.1 Å². The van der Waals surface area contributed by atoms with Gasteiger partial charge in [-0.1, -0.05) is 0 Å². The van der Waals surface area contributed by atoms with Gasteiger partial charge in [-0.05, 0) is 0 Å². The quantitative estimate of drug-likeness (QED) is 0.223. The molecule has 0 bridgehead atoms. The SMILES string of the molecule is CCC[CH2][Sn](/[CH]=C/CCC=O)([CH2]CCC)[CH2]CCC. The van der Waals surface area contributed by atoms with Crippen LogP contribution in [0, 0.1) is 0 Å². The van der Waals surface area contributed by atoms with Gasteiger partial charge in [0.05, 0.1) is 0 Å². The zero-order chi connectivity index (χ0) is 14.4. The Morgan fingerprint density at radius 2 is 1.26 bits per heavy atom. The molecule has 0 spiro atoms. The van der Waals surface area contributed by atoms with Crippen molar-refractivity contribution in [2.75, 3.05) is 0 Å². The Hall–Kier alpha value is 0.209. The van der Waals surface area contributed by atoms with E-state index in [4.69, 9.17) is 0 Å². The van der Waals surface area contributed by atoms with E-state index in [1.807, 2.05) is 0 Å². The molecule has 0 aromatic carbocycles. The van der Waals surface area contributed by atoms with Crippen LogP contribution in [0.25, 0.3) is 0 Å². The van der Waals surface area contributed by atoms with Gasteiger partial charge in [0.1, 0.15) is 0 Å². The molecule has 0 fully saturated rings. The van der Waals surface area contributed by atoms with Crippen molar-refractivity contribution in [3.8, 4) is 0 Å². The Kier molecular flexibility index (Phi) is 13.3. The molecular weight excluding hydrogens is 339 g/mol. The van der Waals surface area contributed by atoms with Crippen molar-refractivity contribution in [2.45, 2.75) is 85.4 Å². The average molecular weight is 373 g/mol. The van der Waals surface area contributed by atoms with E-state index in [1.165, 1.54) is 51.8 Å². The molecule has 0 aliphatic heterocycles. The summed E-state index contributed by atoms with van der Waals surface area (Å²) in [6, 6.07) is 0. The van der Waals surface area contributed by atoms with Crippen LogP contribution in [0.15, 0.2) is 10.2 Å². The molecule has 0 aromatic rings. The van der Waals surface area contributed by atoms with Gasteiger partial charge in [-0.15, -0.1) is 0 Å². The summed E-state index contributed by atoms with van der Waals surface area (Å²) in [7, 11) is 0. The molecule has 0 heterocycles. The van der Waals surface area contributed by atoms with Gasteiger partial charge in [0.25, 0.3) is 0 Å². The number of allylic oxidation sites excluding steroid dienone is 1. The van der Waals surface area contributed by atoms with Crippen molar-refractivity contribution in [2.24, 2.45) is 0 Å². The van der Waals surface area contributed by atoms with Crippen molar-refractivity contribution in [3.05, 3.63) is 10.2 Å². The van der Waals surface area contributed by atoms with Gasteiger partial charge in [-0.25, -0.2) is 0 Å². The van der Waals surface area contributed by atoms with Gasteiger partial charge in [-0.3, -0.25) is 0 Å². The molecule has 0 unspecified atom stereocenters. The molecular formula is C17H34OSn. The molecule has 0 aliphatic rings. The maximum atomic E-state index is 10.4. The van der Waals surface area contributed by atoms with E-state index in [0.29, 0.717) is 6.42 Å². The molecule has 0 aromatic heterocycles. The van der Waals surface area contributed by atoms with Crippen molar-refractivity contribution in [3.63, 3.8) is 0 Å². The first-order valence-electron chi connectivity index (χ1n) is 8.36. The summed E-state index contributed by atoms with van der Waals surface area (Å²) < 4.78 is 7.26. The predicted octanol–water partition coefficient (Wildman–Crippen LogP) is 5.91. The molecule has 0 rings (SSSR count). The second kappa shape index (κ2) is 13.2. The first kappa shape index (κ1) is 19.2. The maximum absolute atomic E-state index is 10.4. The number of carbonyl (C=O) groups excluding carboxylic acids is 1. The van der Waals surface area contributed by atoms with Crippen LogP contribution < -0.4 is 0 Å². The molecule has 0 atom stereocenters. The van der Waals surface area contributed by atoms with E-state index >= 15 is 0 Å². The van der Waals surface area contributed by atoms with E-state index in [0.717, 1.165) is 12.7 Å². The van der Waals surface area contributed by atoms with Gasteiger partial charge in [0.2, 0.25) is 0 Å². The third-order valence-corrected chi connectivity index (χ3v) is 18.3. The summed E-state index contributed by atoms with van der Waals surface area (Å²) in [6.07, 6.45) is 13.3. The third-order valence-electron chi connectivity index (χ3n) is 4.01. The molecule has 0 amide bonds. The first-order chi connectivity index (χ1) is 9.24. The van der Waals surface area contributed by atoms with Crippen molar-refractivity contribution >= 4 is 24.7 Å². The Labute approximate surface area is 125 Å². The monoisotopic (exact) mass is 374 g/mol. The fraction of sp³-hybridized carbons (Fsp3) is 0.824. The zero-order valence-electron chi connectivity index (χ0n) is 13.4. The van der Waals surface area contributed by atoms with Crippen LogP contribution in [0.4, 0.5) is 0 Å². The van der Waals surface area contributed by atoms with Crippen LogP contribution in [0.1, 0.15) is 72.1 Å². The Morgan fingerprint density at radius 3 is 1.63 bits per heavy atom. The molecule has 2 heteroatoms. The molecule has 0 saturated heterocycles. The Morgan fingerprint density at radius 1 is 0.789 bits per heavy atom. The number of carbonyl (C=O) groups is 1. The van der Waals surface area contributed by atoms with Crippen molar-refractivity contribution < 1.29 is 4.79 Å². The van der Waals surface area contributed by atoms with Crippen LogP contribution in [-0.4, -0.2) is 24.7 Å². The molecule has 0 saturated carbocycles. The number of unbranched alkanes of at least 4 members (excludes halogenated alkanes) is 4. The molecule has 112 valence electrons. The summed E-state index contributed by atoms with van der Waals surface area (Å²) in [4.78, 5) is 10.4. The number of aldehydes is 1. The van der Waals surface area contributed by atoms with E-state index in [1.54, 1.807) is 0 Å². The van der Waals surface area contributed by atoms with Gasteiger partial charge in [0, 0.05) is 0 Å². The normalized spacial score (nSPS) is 12.2. The molecule has 0 radical (unpaired) electrons. The molecule has 0 N–H and O–H groups in total. The van der Waals surface area contributed by atoms with Gasteiger partial charge < -0.3 is 0 Å². The second-order valence-corrected chi connectivity index (χ2v) is 18.8. The number of rotatable bonds is 13. The number of hydrogen-bond acceptors (Lipinski definition) is 1. The zero-order valence-corrected chi connectivity index (χ0v) is 16.3. The van der Waals surface area contributed by atoms with Crippen LogP contribution in [0.3, 0.4) is 0 Å². The van der Waals surface area contributed by atoms with Gasteiger partial charge in [0.15, 0.2) is 0 Å². The van der Waals surface area contributed by atoms with E-state index in [2.05, 4.69) is 30.9 Å². The third kappa shape index (κ3) is 9.70. The summed E-state index contributed by atoms with van der Waals surface area (Å²) in [5.41, 5.74) is 0. The van der Waals surface area contributed by atoms with Gasteiger partial charge >= 0.3 is 125 Å². The van der Waals surface area contributed by atoms with Crippen LogP contribution in [-0.2, 0) is 4.79 Å². The fourth-order valence-electron chi connectivity index (χ4n) is 2.71. The summed E-state index contributed by atoms with van der Waals surface area (Å²) in [5, 5.41) is 0. The Bertz CT molecular complexity index is 214. The van der Waals surface area contributed by atoms with Crippen molar-refractivity contribution in [1.29, 1.82) is 0 Å². The molecule has 0 aliphatic carbocycles. The summed E-state index contributed by atoms with van der Waals surface area (Å²) in [6.45, 7) is 6.94. The first-order valence-corrected chi connectivity index (χ1v) is 16.1.